The third kappa shape index (κ3) is 5.21. The number of halogens is 1. The zero-order chi connectivity index (χ0) is 19.9. The second-order valence-electron chi connectivity index (χ2n) is 7.72. The maximum atomic E-state index is 10.2. The first-order chi connectivity index (χ1) is 12.9. The Morgan fingerprint density at radius 1 is 1.07 bits per heavy atom. The van der Waals surface area contributed by atoms with Crippen molar-refractivity contribution in [3.8, 4) is 6.07 Å². The minimum Gasteiger partial charge on any atom is -0.299 e. The summed E-state index contributed by atoms with van der Waals surface area (Å²) in [5, 5.41) is 10.2. The van der Waals surface area contributed by atoms with Gasteiger partial charge in [0.1, 0.15) is 0 Å². The highest BCUT2D eigenvalue weighted by Gasteiger charge is 2.37. The summed E-state index contributed by atoms with van der Waals surface area (Å²) in [5.41, 5.74) is 1.98. The van der Waals surface area contributed by atoms with E-state index in [1.807, 2.05) is 18.2 Å². The molecule has 0 radical (unpaired) electrons. The van der Waals surface area contributed by atoms with Crippen LogP contribution in [0.4, 0.5) is 0 Å². The van der Waals surface area contributed by atoms with E-state index in [-0.39, 0.29) is 5.92 Å². The monoisotopic (exact) mass is 426 g/mol. The first kappa shape index (κ1) is 21.7. The average molecular weight is 427 g/mol. The molecule has 0 aliphatic rings. The van der Waals surface area contributed by atoms with E-state index in [0.717, 1.165) is 35.8 Å². The lowest BCUT2D eigenvalue weighted by atomic mass is 9.69. The molecular formula is C24H31BrN2. The third-order valence-electron chi connectivity index (χ3n) is 5.78. The van der Waals surface area contributed by atoms with Crippen molar-refractivity contribution in [3.05, 3.63) is 70.2 Å². The summed E-state index contributed by atoms with van der Waals surface area (Å²) < 4.78 is 1.03. The van der Waals surface area contributed by atoms with Crippen LogP contribution in [0.3, 0.4) is 0 Å². The van der Waals surface area contributed by atoms with Crippen LogP contribution in [0, 0.1) is 17.2 Å². The van der Waals surface area contributed by atoms with E-state index in [4.69, 9.17) is 0 Å². The Labute approximate surface area is 173 Å². The Hall–Kier alpha value is -1.63. The standard InChI is InChI=1S/C24H31BrN2/c1-5-21(27(4)17-20-11-7-6-8-12-20)15-16-24(18-26,19(2)3)22-13-9-10-14-23(22)25/h6-14,19,21H,5,15-17H2,1-4H3. The van der Waals surface area contributed by atoms with E-state index in [1.54, 1.807) is 0 Å². The van der Waals surface area contributed by atoms with Crippen molar-refractivity contribution in [2.75, 3.05) is 7.05 Å². The molecule has 0 saturated heterocycles. The van der Waals surface area contributed by atoms with Crippen LogP contribution < -0.4 is 0 Å². The molecular weight excluding hydrogens is 396 g/mol. The molecule has 27 heavy (non-hydrogen) atoms. The number of hydrogen-bond donors (Lipinski definition) is 0. The highest BCUT2D eigenvalue weighted by Crippen LogP contribution is 2.40. The predicted octanol–water partition coefficient (Wildman–Crippen LogP) is 6.56. The third-order valence-corrected chi connectivity index (χ3v) is 6.47. The average Bonchev–Trinajstić information content (AvgIpc) is 2.67. The van der Waals surface area contributed by atoms with Crippen LogP contribution in [0.5, 0.6) is 0 Å². The van der Waals surface area contributed by atoms with Gasteiger partial charge in [0.25, 0.3) is 0 Å². The largest absolute Gasteiger partial charge is 0.299 e. The summed E-state index contributed by atoms with van der Waals surface area (Å²) in [5.74, 6) is 0.248. The van der Waals surface area contributed by atoms with Crippen LogP contribution in [0.1, 0.15) is 51.2 Å². The van der Waals surface area contributed by atoms with Gasteiger partial charge in [-0.25, -0.2) is 0 Å². The van der Waals surface area contributed by atoms with Gasteiger partial charge in [0.05, 0.1) is 11.5 Å². The molecule has 0 heterocycles. The predicted molar refractivity (Wildman–Crippen MR) is 117 cm³/mol. The lowest BCUT2D eigenvalue weighted by Crippen LogP contribution is -2.36. The molecule has 0 aliphatic heterocycles. The second kappa shape index (κ2) is 10.1. The van der Waals surface area contributed by atoms with Crippen molar-refractivity contribution in [2.45, 2.75) is 58.0 Å². The molecule has 2 nitrogen and oxygen atoms in total. The van der Waals surface area contributed by atoms with Crippen LogP contribution in [-0.2, 0) is 12.0 Å². The number of nitriles is 1. The Bertz CT molecular complexity index is 750. The lowest BCUT2D eigenvalue weighted by Gasteiger charge is -2.35. The summed E-state index contributed by atoms with van der Waals surface area (Å²) in [6.07, 6.45) is 2.95. The fraction of sp³-hybridized carbons (Fsp3) is 0.458. The van der Waals surface area contributed by atoms with E-state index >= 15 is 0 Å². The first-order valence-corrected chi connectivity index (χ1v) is 10.6. The zero-order valence-corrected chi connectivity index (χ0v) is 18.5. The smallest absolute Gasteiger partial charge is 0.0856 e. The highest BCUT2D eigenvalue weighted by molar-refractivity contribution is 9.10. The van der Waals surface area contributed by atoms with Crippen molar-refractivity contribution in [3.63, 3.8) is 0 Å². The SMILES string of the molecule is CCC(CCC(C#N)(c1ccccc1Br)C(C)C)N(C)Cc1ccccc1. The van der Waals surface area contributed by atoms with Gasteiger partial charge in [-0.3, -0.25) is 4.90 Å². The van der Waals surface area contributed by atoms with Crippen LogP contribution in [-0.4, -0.2) is 18.0 Å². The molecule has 2 aromatic carbocycles. The van der Waals surface area contributed by atoms with E-state index in [1.165, 1.54) is 5.56 Å². The van der Waals surface area contributed by atoms with Gasteiger partial charge in [0.15, 0.2) is 0 Å². The minimum absolute atomic E-state index is 0.248. The molecule has 3 heteroatoms. The van der Waals surface area contributed by atoms with Crippen molar-refractivity contribution < 1.29 is 0 Å². The number of rotatable bonds is 9. The quantitative estimate of drug-likeness (QED) is 0.453. The van der Waals surface area contributed by atoms with Crippen LogP contribution >= 0.6 is 15.9 Å². The van der Waals surface area contributed by atoms with E-state index in [2.05, 4.69) is 91.1 Å². The van der Waals surface area contributed by atoms with Gasteiger partial charge in [0.2, 0.25) is 0 Å². The maximum Gasteiger partial charge on any atom is 0.0856 e. The van der Waals surface area contributed by atoms with Gasteiger partial charge in [-0.15, -0.1) is 0 Å². The number of benzene rings is 2. The van der Waals surface area contributed by atoms with Gasteiger partial charge >= 0.3 is 0 Å². The topological polar surface area (TPSA) is 27.0 Å². The molecule has 144 valence electrons. The number of nitrogens with zero attached hydrogens (tertiary/aromatic N) is 2. The van der Waals surface area contributed by atoms with E-state index in [0.29, 0.717) is 6.04 Å². The summed E-state index contributed by atoms with van der Waals surface area (Å²) in [4.78, 5) is 2.43. The van der Waals surface area contributed by atoms with E-state index in [9.17, 15) is 5.26 Å². The molecule has 0 spiro atoms. The molecule has 0 bridgehead atoms. The molecule has 0 N–H and O–H groups in total. The first-order valence-electron chi connectivity index (χ1n) is 9.85. The molecule has 0 aliphatic carbocycles. The Morgan fingerprint density at radius 2 is 1.70 bits per heavy atom. The molecule has 2 atom stereocenters. The Morgan fingerprint density at radius 3 is 2.26 bits per heavy atom. The Kier molecular flexibility index (Phi) is 8.07. The fourth-order valence-electron chi connectivity index (χ4n) is 3.93. The molecule has 0 aromatic heterocycles. The molecule has 2 unspecified atom stereocenters. The van der Waals surface area contributed by atoms with Crippen LogP contribution in [0.25, 0.3) is 0 Å². The van der Waals surface area contributed by atoms with Crippen molar-refractivity contribution >= 4 is 15.9 Å². The summed E-state index contributed by atoms with van der Waals surface area (Å²) >= 11 is 3.68. The lowest BCUT2D eigenvalue weighted by molar-refractivity contribution is 0.197. The molecule has 0 saturated carbocycles. The maximum absolute atomic E-state index is 10.2. The second-order valence-corrected chi connectivity index (χ2v) is 8.57. The van der Waals surface area contributed by atoms with E-state index < -0.39 is 5.41 Å². The van der Waals surface area contributed by atoms with Crippen LogP contribution in [0.2, 0.25) is 0 Å². The van der Waals surface area contributed by atoms with Crippen molar-refractivity contribution in [1.82, 2.24) is 4.90 Å². The fourth-order valence-corrected chi connectivity index (χ4v) is 4.57. The summed E-state index contributed by atoms with van der Waals surface area (Å²) in [6, 6.07) is 21.9. The van der Waals surface area contributed by atoms with Crippen molar-refractivity contribution in [2.24, 2.45) is 5.92 Å². The normalized spacial score (nSPS) is 14.7. The Balaban J connectivity index is 2.18. The molecule has 0 fully saturated rings. The van der Waals surface area contributed by atoms with Gasteiger partial charge in [-0.2, -0.15) is 5.26 Å². The molecule has 0 amide bonds. The molecule has 2 rings (SSSR count). The van der Waals surface area contributed by atoms with Gasteiger partial charge < -0.3 is 0 Å². The number of hydrogen-bond acceptors (Lipinski definition) is 2. The minimum atomic E-state index is -0.471. The van der Waals surface area contributed by atoms with Gasteiger partial charge in [-0.1, -0.05) is 85.2 Å². The van der Waals surface area contributed by atoms with Gasteiger partial charge in [0, 0.05) is 17.1 Å². The van der Waals surface area contributed by atoms with Crippen molar-refractivity contribution in [1.29, 1.82) is 5.26 Å². The molecule has 2 aromatic rings. The van der Waals surface area contributed by atoms with Crippen LogP contribution in [0.15, 0.2) is 59.1 Å². The summed E-state index contributed by atoms with van der Waals surface area (Å²) in [7, 11) is 2.20. The van der Waals surface area contributed by atoms with Gasteiger partial charge in [-0.05, 0) is 49.4 Å². The summed E-state index contributed by atoms with van der Waals surface area (Å²) in [6.45, 7) is 7.51. The highest BCUT2D eigenvalue weighted by atomic mass is 79.9. The zero-order valence-electron chi connectivity index (χ0n) is 17.0.